The minimum atomic E-state index is 0.776. The zero-order valence-electron chi connectivity index (χ0n) is 10.8. The Bertz CT molecular complexity index is 692. The smallest absolute Gasteiger partial charge is 0.0876 e. The van der Waals surface area contributed by atoms with Crippen molar-refractivity contribution in [1.29, 1.82) is 0 Å². The maximum atomic E-state index is 4.29. The number of hydrogen-bond acceptors (Lipinski definition) is 2. The van der Waals surface area contributed by atoms with E-state index in [1.807, 2.05) is 41.2 Å². The fraction of sp³-hybridized carbons (Fsp3) is 0.0625. The number of nitrogens with zero attached hydrogens (tertiary/aromatic N) is 2. The summed E-state index contributed by atoms with van der Waals surface area (Å²) >= 11 is 3.49. The summed E-state index contributed by atoms with van der Waals surface area (Å²) in [7, 11) is 0. The van der Waals surface area contributed by atoms with Crippen LogP contribution in [0.5, 0.6) is 0 Å². The molecule has 0 saturated heterocycles. The van der Waals surface area contributed by atoms with Crippen LogP contribution in [0.4, 0.5) is 5.69 Å². The molecule has 4 heteroatoms. The van der Waals surface area contributed by atoms with Crippen LogP contribution in [0.15, 0.2) is 71.5 Å². The van der Waals surface area contributed by atoms with Gasteiger partial charge in [0.2, 0.25) is 0 Å². The van der Waals surface area contributed by atoms with Crippen molar-refractivity contribution in [2.45, 2.75) is 6.54 Å². The van der Waals surface area contributed by atoms with Gasteiger partial charge in [-0.05, 0) is 35.9 Å². The molecular formula is C16H14BrN3. The van der Waals surface area contributed by atoms with Crippen LogP contribution in [-0.2, 0) is 6.54 Å². The number of rotatable bonds is 4. The van der Waals surface area contributed by atoms with Crippen molar-refractivity contribution in [2.24, 2.45) is 0 Å². The topological polar surface area (TPSA) is 29.9 Å². The van der Waals surface area contributed by atoms with Gasteiger partial charge in [0.25, 0.3) is 0 Å². The Morgan fingerprint density at radius 2 is 1.95 bits per heavy atom. The molecule has 0 aliphatic carbocycles. The molecule has 0 bridgehead atoms. The molecule has 0 radical (unpaired) electrons. The van der Waals surface area contributed by atoms with E-state index in [0.29, 0.717) is 0 Å². The molecule has 1 aromatic heterocycles. The molecule has 0 unspecified atom stereocenters. The van der Waals surface area contributed by atoms with E-state index in [1.165, 1.54) is 5.56 Å². The third-order valence-electron chi connectivity index (χ3n) is 3.03. The Kier molecular flexibility index (Phi) is 3.83. The van der Waals surface area contributed by atoms with Gasteiger partial charge in [-0.3, -0.25) is 0 Å². The average Bonchev–Trinajstić information content (AvgIpc) is 3.00. The van der Waals surface area contributed by atoms with Crippen LogP contribution in [0.2, 0.25) is 0 Å². The maximum Gasteiger partial charge on any atom is 0.0876 e. The normalized spacial score (nSPS) is 10.4. The van der Waals surface area contributed by atoms with Gasteiger partial charge in [-0.15, -0.1) is 0 Å². The predicted octanol–water partition coefficient (Wildman–Crippen LogP) is 4.25. The van der Waals surface area contributed by atoms with E-state index in [-0.39, 0.29) is 0 Å². The van der Waals surface area contributed by atoms with Crippen molar-refractivity contribution in [3.63, 3.8) is 0 Å². The van der Waals surface area contributed by atoms with Crippen LogP contribution < -0.4 is 5.32 Å². The van der Waals surface area contributed by atoms with Crippen molar-refractivity contribution >= 4 is 21.6 Å². The van der Waals surface area contributed by atoms with Gasteiger partial charge in [0.05, 0.1) is 11.4 Å². The highest BCUT2D eigenvalue weighted by Crippen LogP contribution is 2.20. The Hall–Kier alpha value is -2.07. The molecule has 3 rings (SSSR count). The number of benzene rings is 2. The monoisotopic (exact) mass is 327 g/mol. The summed E-state index contributed by atoms with van der Waals surface area (Å²) in [6, 6.07) is 18.4. The molecule has 2 aromatic carbocycles. The van der Waals surface area contributed by atoms with Gasteiger partial charge in [-0.1, -0.05) is 40.2 Å². The summed E-state index contributed by atoms with van der Waals surface area (Å²) < 4.78 is 2.96. The number of nitrogens with one attached hydrogen (secondary N) is 1. The van der Waals surface area contributed by atoms with Crippen LogP contribution in [-0.4, -0.2) is 9.78 Å². The second-order valence-corrected chi connectivity index (χ2v) is 5.37. The van der Waals surface area contributed by atoms with Crippen LogP contribution >= 0.6 is 15.9 Å². The highest BCUT2D eigenvalue weighted by molar-refractivity contribution is 9.10. The zero-order valence-corrected chi connectivity index (χ0v) is 12.4. The van der Waals surface area contributed by atoms with Crippen molar-refractivity contribution in [3.05, 3.63) is 77.0 Å². The summed E-state index contributed by atoms with van der Waals surface area (Å²) in [6.07, 6.45) is 3.73. The first-order chi connectivity index (χ1) is 9.83. The first-order valence-electron chi connectivity index (χ1n) is 6.40. The molecule has 0 atom stereocenters. The largest absolute Gasteiger partial charge is 0.379 e. The SMILES string of the molecule is Brc1cccc(CNc2ccccc2-n2cccn2)c1. The second-order valence-electron chi connectivity index (χ2n) is 4.45. The van der Waals surface area contributed by atoms with Crippen molar-refractivity contribution in [2.75, 3.05) is 5.32 Å². The lowest BCUT2D eigenvalue weighted by atomic mass is 10.2. The van der Waals surface area contributed by atoms with E-state index in [9.17, 15) is 0 Å². The molecule has 20 heavy (non-hydrogen) atoms. The van der Waals surface area contributed by atoms with Crippen molar-refractivity contribution in [3.8, 4) is 5.69 Å². The van der Waals surface area contributed by atoms with E-state index in [2.05, 4.69) is 50.6 Å². The number of para-hydroxylation sites is 2. The van der Waals surface area contributed by atoms with E-state index in [0.717, 1.165) is 22.4 Å². The van der Waals surface area contributed by atoms with E-state index in [1.54, 1.807) is 6.20 Å². The summed E-state index contributed by atoms with van der Waals surface area (Å²) in [5.74, 6) is 0. The molecule has 3 aromatic rings. The Labute approximate surface area is 126 Å². The first kappa shape index (κ1) is 12.9. The molecule has 0 spiro atoms. The third kappa shape index (κ3) is 2.91. The summed E-state index contributed by atoms with van der Waals surface area (Å²) in [4.78, 5) is 0. The summed E-state index contributed by atoms with van der Waals surface area (Å²) in [5, 5.41) is 7.75. The molecule has 0 amide bonds. The lowest BCUT2D eigenvalue weighted by Crippen LogP contribution is -2.04. The van der Waals surface area contributed by atoms with Gasteiger partial charge in [-0.25, -0.2) is 4.68 Å². The number of aromatic nitrogens is 2. The lowest BCUT2D eigenvalue weighted by Gasteiger charge is -2.12. The summed E-state index contributed by atoms with van der Waals surface area (Å²) in [5.41, 5.74) is 3.35. The fourth-order valence-electron chi connectivity index (χ4n) is 2.08. The molecule has 0 saturated carbocycles. The second kappa shape index (κ2) is 5.92. The van der Waals surface area contributed by atoms with Crippen LogP contribution in [0, 0.1) is 0 Å². The Morgan fingerprint density at radius 3 is 2.75 bits per heavy atom. The van der Waals surface area contributed by atoms with Gasteiger partial charge >= 0.3 is 0 Å². The average molecular weight is 328 g/mol. The lowest BCUT2D eigenvalue weighted by molar-refractivity contribution is 0.879. The molecule has 0 fully saturated rings. The van der Waals surface area contributed by atoms with Gasteiger partial charge in [0.1, 0.15) is 0 Å². The Morgan fingerprint density at radius 1 is 1.05 bits per heavy atom. The fourth-order valence-corrected chi connectivity index (χ4v) is 2.53. The quantitative estimate of drug-likeness (QED) is 0.776. The summed E-state index contributed by atoms with van der Waals surface area (Å²) in [6.45, 7) is 0.776. The Balaban J connectivity index is 1.81. The van der Waals surface area contributed by atoms with E-state index >= 15 is 0 Å². The van der Waals surface area contributed by atoms with Crippen LogP contribution in [0.25, 0.3) is 5.69 Å². The minimum Gasteiger partial charge on any atom is -0.379 e. The highest BCUT2D eigenvalue weighted by atomic mass is 79.9. The highest BCUT2D eigenvalue weighted by Gasteiger charge is 2.03. The van der Waals surface area contributed by atoms with Gasteiger partial charge in [0.15, 0.2) is 0 Å². The molecular weight excluding hydrogens is 314 g/mol. The third-order valence-corrected chi connectivity index (χ3v) is 3.52. The predicted molar refractivity (Wildman–Crippen MR) is 85.0 cm³/mol. The van der Waals surface area contributed by atoms with E-state index in [4.69, 9.17) is 0 Å². The molecule has 100 valence electrons. The van der Waals surface area contributed by atoms with Crippen LogP contribution in [0.1, 0.15) is 5.56 Å². The number of hydrogen-bond donors (Lipinski definition) is 1. The van der Waals surface area contributed by atoms with Gasteiger partial charge in [-0.2, -0.15) is 5.10 Å². The molecule has 1 heterocycles. The van der Waals surface area contributed by atoms with Gasteiger partial charge in [0, 0.05) is 23.4 Å². The van der Waals surface area contributed by atoms with E-state index < -0.39 is 0 Å². The molecule has 0 aliphatic heterocycles. The van der Waals surface area contributed by atoms with Gasteiger partial charge < -0.3 is 5.32 Å². The molecule has 1 N–H and O–H groups in total. The molecule has 0 aliphatic rings. The maximum absolute atomic E-state index is 4.29. The number of halogens is 1. The van der Waals surface area contributed by atoms with Crippen molar-refractivity contribution < 1.29 is 0 Å². The minimum absolute atomic E-state index is 0.776. The molecule has 3 nitrogen and oxygen atoms in total. The number of anilines is 1. The van der Waals surface area contributed by atoms with Crippen molar-refractivity contribution in [1.82, 2.24) is 9.78 Å². The first-order valence-corrected chi connectivity index (χ1v) is 7.19. The standard InChI is InChI=1S/C16H14BrN3/c17-14-6-3-5-13(11-14)12-18-15-7-1-2-8-16(15)20-10-4-9-19-20/h1-11,18H,12H2. The van der Waals surface area contributed by atoms with Crippen LogP contribution in [0.3, 0.4) is 0 Å². The zero-order chi connectivity index (χ0) is 13.8.